The molecule has 1 aromatic carbocycles. The lowest BCUT2D eigenvalue weighted by molar-refractivity contribution is 0.395. The molecular formula is C15H18N2O2S2. The number of thiocarbonyl (C=S) groups is 1. The normalized spacial score (nSPS) is 10.0. The summed E-state index contributed by atoms with van der Waals surface area (Å²) < 4.78 is 10.5. The van der Waals surface area contributed by atoms with Crippen molar-refractivity contribution in [3.8, 4) is 11.5 Å². The summed E-state index contributed by atoms with van der Waals surface area (Å²) in [6.07, 6.45) is 0.959. The Bertz CT molecular complexity index is 563. The van der Waals surface area contributed by atoms with Crippen molar-refractivity contribution in [1.29, 1.82) is 0 Å². The van der Waals surface area contributed by atoms with Gasteiger partial charge in [0, 0.05) is 35.3 Å². The molecule has 0 aliphatic carbocycles. The molecule has 2 aromatic rings. The van der Waals surface area contributed by atoms with Crippen LogP contribution in [0.25, 0.3) is 0 Å². The maximum absolute atomic E-state index is 5.29. The van der Waals surface area contributed by atoms with E-state index in [1.54, 1.807) is 25.6 Å². The summed E-state index contributed by atoms with van der Waals surface area (Å²) in [5, 5.41) is 8.99. The van der Waals surface area contributed by atoms with Crippen LogP contribution in [-0.4, -0.2) is 25.9 Å². The molecule has 0 atom stereocenters. The van der Waals surface area contributed by atoms with Crippen LogP contribution in [0.3, 0.4) is 0 Å². The van der Waals surface area contributed by atoms with Crippen molar-refractivity contribution in [2.24, 2.45) is 0 Å². The third kappa shape index (κ3) is 4.91. The molecule has 6 heteroatoms. The number of hydrogen-bond donors (Lipinski definition) is 2. The van der Waals surface area contributed by atoms with Crippen molar-refractivity contribution in [3.05, 3.63) is 40.6 Å². The highest BCUT2D eigenvalue weighted by Crippen LogP contribution is 2.25. The third-order valence-electron chi connectivity index (χ3n) is 2.85. The Morgan fingerprint density at radius 1 is 1.19 bits per heavy atom. The topological polar surface area (TPSA) is 42.5 Å². The van der Waals surface area contributed by atoms with Crippen molar-refractivity contribution >= 4 is 34.4 Å². The average molecular weight is 322 g/mol. The lowest BCUT2D eigenvalue weighted by atomic mass is 10.3. The van der Waals surface area contributed by atoms with Gasteiger partial charge in [0.1, 0.15) is 11.5 Å². The molecule has 2 rings (SSSR count). The van der Waals surface area contributed by atoms with Crippen LogP contribution >= 0.6 is 23.6 Å². The number of anilines is 1. The lowest BCUT2D eigenvalue weighted by Gasteiger charge is -2.12. The first-order chi connectivity index (χ1) is 10.2. The molecule has 2 N–H and O–H groups in total. The van der Waals surface area contributed by atoms with E-state index in [9.17, 15) is 0 Å². The standard InChI is InChI=1S/C15H18N2O2S2/c1-18-12-8-11(9-13(10-12)19-2)17-15(20)16-6-5-14-4-3-7-21-14/h3-4,7-10H,5-6H2,1-2H3,(H2,16,17,20). The van der Waals surface area contributed by atoms with Gasteiger partial charge in [0.15, 0.2) is 5.11 Å². The van der Waals surface area contributed by atoms with Crippen molar-refractivity contribution in [1.82, 2.24) is 5.32 Å². The maximum Gasteiger partial charge on any atom is 0.170 e. The summed E-state index contributed by atoms with van der Waals surface area (Å²) in [6.45, 7) is 0.799. The second-order valence-electron chi connectivity index (χ2n) is 4.31. The molecule has 0 aliphatic rings. The highest BCUT2D eigenvalue weighted by Gasteiger charge is 2.03. The summed E-state index contributed by atoms with van der Waals surface area (Å²) in [5.74, 6) is 1.44. The van der Waals surface area contributed by atoms with Crippen molar-refractivity contribution in [3.63, 3.8) is 0 Å². The molecule has 0 aliphatic heterocycles. The van der Waals surface area contributed by atoms with Crippen LogP contribution in [0.4, 0.5) is 5.69 Å². The molecule has 0 fully saturated rings. The molecule has 0 bridgehead atoms. The van der Waals surface area contributed by atoms with E-state index in [4.69, 9.17) is 21.7 Å². The highest BCUT2D eigenvalue weighted by molar-refractivity contribution is 7.80. The zero-order chi connectivity index (χ0) is 15.1. The first-order valence-electron chi connectivity index (χ1n) is 6.51. The van der Waals surface area contributed by atoms with E-state index in [0.29, 0.717) is 5.11 Å². The number of benzene rings is 1. The minimum absolute atomic E-state index is 0.585. The number of thiophene rings is 1. The molecule has 1 aromatic heterocycles. The molecule has 21 heavy (non-hydrogen) atoms. The fraction of sp³-hybridized carbons (Fsp3) is 0.267. The smallest absolute Gasteiger partial charge is 0.170 e. The summed E-state index contributed by atoms with van der Waals surface area (Å²) in [6, 6.07) is 9.73. The van der Waals surface area contributed by atoms with Crippen LogP contribution in [0.1, 0.15) is 4.88 Å². The van der Waals surface area contributed by atoms with Gasteiger partial charge in [0.2, 0.25) is 0 Å². The predicted octanol–water partition coefficient (Wildman–Crippen LogP) is 3.29. The predicted molar refractivity (Wildman–Crippen MR) is 91.8 cm³/mol. The van der Waals surface area contributed by atoms with E-state index < -0.39 is 0 Å². The molecule has 0 saturated heterocycles. The van der Waals surface area contributed by atoms with Gasteiger partial charge < -0.3 is 20.1 Å². The van der Waals surface area contributed by atoms with E-state index in [1.165, 1.54) is 4.88 Å². The molecule has 1 heterocycles. The quantitative estimate of drug-likeness (QED) is 0.799. The van der Waals surface area contributed by atoms with Crippen LogP contribution in [0.2, 0.25) is 0 Å². The Balaban J connectivity index is 1.86. The van der Waals surface area contributed by atoms with Crippen LogP contribution in [0, 0.1) is 0 Å². The summed E-state index contributed by atoms with van der Waals surface area (Å²) in [7, 11) is 3.24. The van der Waals surface area contributed by atoms with E-state index in [1.807, 2.05) is 18.2 Å². The van der Waals surface area contributed by atoms with Gasteiger partial charge in [-0.15, -0.1) is 11.3 Å². The Morgan fingerprint density at radius 2 is 1.90 bits per heavy atom. The molecule has 0 saturated carbocycles. The van der Waals surface area contributed by atoms with E-state index >= 15 is 0 Å². The summed E-state index contributed by atoms with van der Waals surface area (Å²) >= 11 is 7.04. The van der Waals surface area contributed by atoms with Gasteiger partial charge in [-0.25, -0.2) is 0 Å². The first-order valence-corrected chi connectivity index (χ1v) is 7.80. The van der Waals surface area contributed by atoms with Crippen molar-refractivity contribution in [2.45, 2.75) is 6.42 Å². The number of nitrogens with one attached hydrogen (secondary N) is 2. The Labute approximate surface area is 134 Å². The molecule has 0 radical (unpaired) electrons. The van der Waals surface area contributed by atoms with Gasteiger partial charge in [-0.3, -0.25) is 0 Å². The van der Waals surface area contributed by atoms with Crippen molar-refractivity contribution in [2.75, 3.05) is 26.1 Å². The molecule has 0 unspecified atom stereocenters. The monoisotopic (exact) mass is 322 g/mol. The van der Waals surface area contributed by atoms with Crippen molar-refractivity contribution < 1.29 is 9.47 Å². The minimum atomic E-state index is 0.585. The molecular weight excluding hydrogens is 304 g/mol. The van der Waals surface area contributed by atoms with E-state index in [-0.39, 0.29) is 0 Å². The maximum atomic E-state index is 5.29. The lowest BCUT2D eigenvalue weighted by Crippen LogP contribution is -2.30. The third-order valence-corrected chi connectivity index (χ3v) is 4.03. The number of rotatable bonds is 6. The number of hydrogen-bond acceptors (Lipinski definition) is 4. The second kappa shape index (κ2) is 7.85. The summed E-state index contributed by atoms with van der Waals surface area (Å²) in [5.41, 5.74) is 0.833. The van der Waals surface area contributed by atoms with Gasteiger partial charge in [-0.05, 0) is 30.1 Å². The molecule has 0 amide bonds. The van der Waals surface area contributed by atoms with E-state index in [2.05, 4.69) is 28.1 Å². The average Bonchev–Trinajstić information content (AvgIpc) is 3.00. The second-order valence-corrected chi connectivity index (χ2v) is 5.75. The van der Waals surface area contributed by atoms with Gasteiger partial charge in [-0.2, -0.15) is 0 Å². The largest absolute Gasteiger partial charge is 0.497 e. The number of methoxy groups -OCH3 is 2. The number of ether oxygens (including phenoxy) is 2. The Hall–Kier alpha value is -1.79. The Kier molecular flexibility index (Phi) is 5.83. The van der Waals surface area contributed by atoms with Crippen LogP contribution in [-0.2, 0) is 6.42 Å². The van der Waals surface area contributed by atoms with Gasteiger partial charge >= 0.3 is 0 Å². The Morgan fingerprint density at radius 3 is 2.48 bits per heavy atom. The van der Waals surface area contributed by atoms with Crippen LogP contribution < -0.4 is 20.1 Å². The molecule has 112 valence electrons. The van der Waals surface area contributed by atoms with Gasteiger partial charge in [0.05, 0.1) is 14.2 Å². The minimum Gasteiger partial charge on any atom is -0.497 e. The molecule has 0 spiro atoms. The van der Waals surface area contributed by atoms with Crippen LogP contribution in [0.5, 0.6) is 11.5 Å². The SMILES string of the molecule is COc1cc(NC(=S)NCCc2cccs2)cc(OC)c1. The fourth-order valence-corrected chi connectivity index (χ4v) is 2.74. The zero-order valence-corrected chi connectivity index (χ0v) is 13.6. The molecule has 4 nitrogen and oxygen atoms in total. The zero-order valence-electron chi connectivity index (χ0n) is 12.0. The highest BCUT2D eigenvalue weighted by atomic mass is 32.1. The van der Waals surface area contributed by atoms with E-state index in [0.717, 1.165) is 30.2 Å². The summed E-state index contributed by atoms with van der Waals surface area (Å²) in [4.78, 5) is 1.34. The van der Waals surface area contributed by atoms with Crippen LogP contribution in [0.15, 0.2) is 35.7 Å². The van der Waals surface area contributed by atoms with Gasteiger partial charge in [0.25, 0.3) is 0 Å². The first kappa shape index (κ1) is 15.6. The van der Waals surface area contributed by atoms with Gasteiger partial charge in [-0.1, -0.05) is 6.07 Å². The fourth-order valence-electron chi connectivity index (χ4n) is 1.81.